The van der Waals surface area contributed by atoms with Crippen LogP contribution in [0, 0.1) is 19.7 Å². The van der Waals surface area contributed by atoms with E-state index in [1.807, 2.05) is 6.92 Å². The largest absolute Gasteiger partial charge is 0.446 e. The van der Waals surface area contributed by atoms with Gasteiger partial charge in [-0.3, -0.25) is 0 Å². The Bertz CT molecular complexity index is 978. The van der Waals surface area contributed by atoms with Crippen molar-refractivity contribution >= 4 is 10.0 Å². The number of nitrogens with one attached hydrogen (secondary N) is 1. The summed E-state index contributed by atoms with van der Waals surface area (Å²) in [7, 11) is -3.66. The molecule has 25 heavy (non-hydrogen) atoms. The van der Waals surface area contributed by atoms with Gasteiger partial charge in [-0.05, 0) is 36.8 Å². The zero-order valence-corrected chi connectivity index (χ0v) is 14.6. The molecule has 0 atom stereocenters. The van der Waals surface area contributed by atoms with E-state index in [0.717, 1.165) is 5.56 Å². The first-order valence-corrected chi connectivity index (χ1v) is 9.12. The minimum Gasteiger partial charge on any atom is -0.446 e. The summed E-state index contributed by atoms with van der Waals surface area (Å²) < 4.78 is 45.5. The van der Waals surface area contributed by atoms with Gasteiger partial charge in [0, 0.05) is 19.0 Å². The number of rotatable bonds is 5. The van der Waals surface area contributed by atoms with E-state index in [9.17, 15) is 12.8 Å². The first kappa shape index (κ1) is 17.3. The summed E-state index contributed by atoms with van der Waals surface area (Å²) in [6.07, 6.45) is 0. The van der Waals surface area contributed by atoms with Gasteiger partial charge in [-0.15, -0.1) is 0 Å². The van der Waals surface area contributed by atoms with Crippen molar-refractivity contribution in [2.24, 2.45) is 0 Å². The number of benzene rings is 2. The van der Waals surface area contributed by atoms with Gasteiger partial charge in [0.1, 0.15) is 17.3 Å². The molecule has 0 amide bonds. The molecule has 0 bridgehead atoms. The smallest absolute Gasteiger partial charge is 0.240 e. The number of hydrogen-bond acceptors (Lipinski definition) is 4. The van der Waals surface area contributed by atoms with Crippen LogP contribution in [0.5, 0.6) is 0 Å². The first-order valence-electron chi connectivity index (χ1n) is 7.64. The summed E-state index contributed by atoms with van der Waals surface area (Å²) in [6, 6.07) is 12.1. The monoisotopic (exact) mass is 360 g/mol. The van der Waals surface area contributed by atoms with Gasteiger partial charge in [-0.2, -0.15) is 0 Å². The van der Waals surface area contributed by atoms with Gasteiger partial charge in [0.25, 0.3) is 0 Å². The van der Waals surface area contributed by atoms with Crippen molar-refractivity contribution in [3.63, 3.8) is 0 Å². The molecule has 0 fully saturated rings. The molecule has 1 heterocycles. The lowest BCUT2D eigenvalue weighted by Crippen LogP contribution is -2.23. The number of aryl methyl sites for hydroxylation is 2. The SMILES string of the molecule is Cc1nc(-c2ccc(S(=O)(=O)NCc3ccc(F)cc3)cc2)c(C)o1. The molecule has 0 saturated carbocycles. The normalized spacial score (nSPS) is 11.6. The van der Waals surface area contributed by atoms with Gasteiger partial charge in [0.05, 0.1) is 4.90 Å². The molecule has 0 saturated heterocycles. The third-order valence-electron chi connectivity index (χ3n) is 3.72. The molecule has 5 nitrogen and oxygen atoms in total. The van der Waals surface area contributed by atoms with Crippen molar-refractivity contribution in [3.05, 3.63) is 71.6 Å². The van der Waals surface area contributed by atoms with Gasteiger partial charge in [-0.1, -0.05) is 24.3 Å². The quantitative estimate of drug-likeness (QED) is 0.755. The Kier molecular flexibility index (Phi) is 4.69. The van der Waals surface area contributed by atoms with Crippen molar-refractivity contribution in [2.75, 3.05) is 0 Å². The predicted octanol–water partition coefficient (Wildman–Crippen LogP) is 3.58. The summed E-state index contributed by atoms with van der Waals surface area (Å²) in [5.41, 5.74) is 2.16. The number of aromatic nitrogens is 1. The van der Waals surface area contributed by atoms with Crippen LogP contribution >= 0.6 is 0 Å². The highest BCUT2D eigenvalue weighted by Crippen LogP contribution is 2.24. The number of oxazole rings is 1. The van der Waals surface area contributed by atoms with Crippen LogP contribution in [0.2, 0.25) is 0 Å². The predicted molar refractivity (Wildman–Crippen MR) is 91.8 cm³/mol. The van der Waals surface area contributed by atoms with Gasteiger partial charge in [-0.25, -0.2) is 22.5 Å². The number of halogens is 1. The third-order valence-corrected chi connectivity index (χ3v) is 5.14. The molecule has 3 aromatic rings. The fourth-order valence-electron chi connectivity index (χ4n) is 2.45. The van der Waals surface area contributed by atoms with Crippen molar-refractivity contribution in [2.45, 2.75) is 25.3 Å². The van der Waals surface area contributed by atoms with Crippen molar-refractivity contribution in [3.8, 4) is 11.3 Å². The second-order valence-electron chi connectivity index (χ2n) is 5.61. The number of hydrogen-bond donors (Lipinski definition) is 1. The lowest BCUT2D eigenvalue weighted by Gasteiger charge is -2.07. The molecule has 0 spiro atoms. The Morgan fingerprint density at radius 3 is 2.24 bits per heavy atom. The van der Waals surface area contributed by atoms with Gasteiger partial charge in [0.15, 0.2) is 5.89 Å². The van der Waals surface area contributed by atoms with Gasteiger partial charge in [0.2, 0.25) is 10.0 Å². The molecule has 2 aromatic carbocycles. The van der Waals surface area contributed by atoms with E-state index in [1.54, 1.807) is 19.1 Å². The second-order valence-corrected chi connectivity index (χ2v) is 7.38. The van der Waals surface area contributed by atoms with Crippen LogP contribution in [0.3, 0.4) is 0 Å². The minimum atomic E-state index is -3.66. The Balaban J connectivity index is 1.76. The van der Waals surface area contributed by atoms with Crippen molar-refractivity contribution < 1.29 is 17.2 Å². The molecule has 0 radical (unpaired) electrons. The zero-order valence-electron chi connectivity index (χ0n) is 13.8. The van der Waals surface area contributed by atoms with Gasteiger partial charge >= 0.3 is 0 Å². The second kappa shape index (κ2) is 6.78. The van der Waals surface area contributed by atoms with Crippen LogP contribution in [0.25, 0.3) is 11.3 Å². The molecule has 3 rings (SSSR count). The Labute approximate surface area is 145 Å². The molecule has 0 aliphatic heterocycles. The molecule has 0 unspecified atom stereocenters. The van der Waals surface area contributed by atoms with E-state index in [4.69, 9.17) is 4.42 Å². The highest BCUT2D eigenvalue weighted by Gasteiger charge is 2.15. The van der Waals surface area contributed by atoms with Gasteiger partial charge < -0.3 is 4.42 Å². The lowest BCUT2D eigenvalue weighted by atomic mass is 10.1. The molecular formula is C18H17FN2O3S. The first-order chi connectivity index (χ1) is 11.8. The van der Waals surface area contributed by atoms with Crippen LogP contribution in [-0.4, -0.2) is 13.4 Å². The van der Waals surface area contributed by atoms with Crippen LogP contribution in [0.15, 0.2) is 57.8 Å². The van der Waals surface area contributed by atoms with Crippen molar-refractivity contribution in [1.29, 1.82) is 0 Å². The number of sulfonamides is 1. The lowest BCUT2D eigenvalue weighted by molar-refractivity contribution is 0.495. The van der Waals surface area contributed by atoms with E-state index in [0.29, 0.717) is 22.9 Å². The molecule has 0 aliphatic carbocycles. The molecule has 7 heteroatoms. The average molecular weight is 360 g/mol. The molecule has 1 aromatic heterocycles. The van der Waals surface area contributed by atoms with E-state index in [-0.39, 0.29) is 17.3 Å². The summed E-state index contributed by atoms with van der Waals surface area (Å²) in [5, 5.41) is 0. The summed E-state index contributed by atoms with van der Waals surface area (Å²) in [5.74, 6) is 0.883. The Morgan fingerprint density at radius 2 is 1.68 bits per heavy atom. The molecular weight excluding hydrogens is 343 g/mol. The van der Waals surface area contributed by atoms with Crippen LogP contribution in [-0.2, 0) is 16.6 Å². The molecule has 130 valence electrons. The summed E-state index contributed by atoms with van der Waals surface area (Å²) in [6.45, 7) is 3.66. The summed E-state index contributed by atoms with van der Waals surface area (Å²) >= 11 is 0. The Hall–Kier alpha value is -2.51. The Morgan fingerprint density at radius 1 is 1.04 bits per heavy atom. The fourth-order valence-corrected chi connectivity index (χ4v) is 3.47. The van der Waals surface area contributed by atoms with Crippen LogP contribution in [0.4, 0.5) is 4.39 Å². The van der Waals surface area contributed by atoms with Crippen LogP contribution in [0.1, 0.15) is 17.2 Å². The maximum Gasteiger partial charge on any atom is 0.240 e. The van der Waals surface area contributed by atoms with Crippen LogP contribution < -0.4 is 4.72 Å². The van der Waals surface area contributed by atoms with E-state index in [1.165, 1.54) is 36.4 Å². The highest BCUT2D eigenvalue weighted by molar-refractivity contribution is 7.89. The average Bonchev–Trinajstić information content (AvgIpc) is 2.93. The third kappa shape index (κ3) is 3.94. The number of nitrogens with zero attached hydrogens (tertiary/aromatic N) is 1. The topological polar surface area (TPSA) is 72.2 Å². The van der Waals surface area contributed by atoms with E-state index in [2.05, 4.69) is 9.71 Å². The maximum atomic E-state index is 12.9. The zero-order chi connectivity index (χ0) is 18.0. The molecule has 1 N–H and O–H groups in total. The summed E-state index contributed by atoms with van der Waals surface area (Å²) in [4.78, 5) is 4.44. The minimum absolute atomic E-state index is 0.0892. The van der Waals surface area contributed by atoms with E-state index < -0.39 is 10.0 Å². The maximum absolute atomic E-state index is 12.9. The van der Waals surface area contributed by atoms with E-state index >= 15 is 0 Å². The standard InChI is InChI=1S/C18H17FN2O3S/c1-12-18(21-13(2)24-12)15-5-9-17(10-6-15)25(22,23)20-11-14-3-7-16(19)8-4-14/h3-10,20H,11H2,1-2H3. The fraction of sp³-hybridized carbons (Fsp3) is 0.167. The highest BCUT2D eigenvalue weighted by atomic mass is 32.2. The van der Waals surface area contributed by atoms with Crippen molar-refractivity contribution in [1.82, 2.24) is 9.71 Å². The molecule has 0 aliphatic rings.